The van der Waals surface area contributed by atoms with Crippen LogP contribution < -0.4 is 0 Å². The Morgan fingerprint density at radius 3 is 2.31 bits per heavy atom. The van der Waals surface area contributed by atoms with Gasteiger partial charge in [0.2, 0.25) is 0 Å². The average Bonchev–Trinajstić information content (AvgIpc) is 3.11. The van der Waals surface area contributed by atoms with Gasteiger partial charge in [0.15, 0.2) is 0 Å². The molecule has 0 N–H and O–H groups in total. The number of thioether (sulfide) groups is 2. The quantitative estimate of drug-likeness (QED) is 0.738. The molecule has 2 saturated heterocycles. The van der Waals surface area contributed by atoms with Crippen LogP contribution in [0.5, 0.6) is 0 Å². The van der Waals surface area contributed by atoms with Crippen LogP contribution in [-0.4, -0.2) is 52.1 Å². The van der Waals surface area contributed by atoms with Gasteiger partial charge in [0, 0.05) is 42.0 Å². The Balaban J connectivity index is 1.56. The summed E-state index contributed by atoms with van der Waals surface area (Å²) >= 11 is 4.13. The Kier molecular flexibility index (Phi) is 5.24. The first kappa shape index (κ1) is 18.2. The van der Waals surface area contributed by atoms with Crippen molar-refractivity contribution >= 4 is 35.4 Å². The minimum absolute atomic E-state index is 0.00801. The second kappa shape index (κ2) is 7.47. The highest BCUT2D eigenvalue weighted by atomic mass is 32.2. The van der Waals surface area contributed by atoms with Gasteiger partial charge >= 0.3 is 5.97 Å². The van der Waals surface area contributed by atoms with Crippen molar-refractivity contribution in [2.45, 2.75) is 23.8 Å². The third-order valence-corrected chi connectivity index (χ3v) is 9.84. The van der Waals surface area contributed by atoms with E-state index in [9.17, 15) is 9.59 Å². The van der Waals surface area contributed by atoms with Crippen molar-refractivity contribution in [1.82, 2.24) is 4.90 Å². The molecule has 1 aliphatic carbocycles. The van der Waals surface area contributed by atoms with Crippen LogP contribution in [0.3, 0.4) is 0 Å². The van der Waals surface area contributed by atoms with Crippen LogP contribution in [-0.2, 0) is 9.53 Å². The Morgan fingerprint density at radius 1 is 1.12 bits per heavy atom. The summed E-state index contributed by atoms with van der Waals surface area (Å²) in [7, 11) is 0. The monoisotopic (exact) mass is 391 g/mol. The SMILES string of the molecule is CCOC(=O)C1CC2CN(C(=O)c3ccccc3)CC(C1)C21SCCS1. The lowest BCUT2D eigenvalue weighted by Crippen LogP contribution is -2.59. The van der Waals surface area contributed by atoms with Gasteiger partial charge in [-0.25, -0.2) is 0 Å². The molecule has 26 heavy (non-hydrogen) atoms. The van der Waals surface area contributed by atoms with Crippen LogP contribution in [0.1, 0.15) is 30.1 Å². The number of carbonyl (C=O) groups is 2. The number of rotatable bonds is 3. The van der Waals surface area contributed by atoms with E-state index < -0.39 is 0 Å². The fraction of sp³-hybridized carbons (Fsp3) is 0.600. The first-order valence-corrected chi connectivity index (χ1v) is 11.4. The molecule has 1 saturated carbocycles. The first-order chi connectivity index (χ1) is 12.6. The Bertz CT molecular complexity index is 657. The van der Waals surface area contributed by atoms with Crippen molar-refractivity contribution in [2.75, 3.05) is 31.2 Å². The smallest absolute Gasteiger partial charge is 0.308 e. The number of benzene rings is 1. The molecule has 1 spiro atoms. The summed E-state index contributed by atoms with van der Waals surface area (Å²) in [6.45, 7) is 3.81. The maximum atomic E-state index is 13.0. The minimum Gasteiger partial charge on any atom is -0.466 e. The van der Waals surface area contributed by atoms with Gasteiger partial charge in [0.05, 0.1) is 16.6 Å². The molecular formula is C20H25NO3S2. The lowest BCUT2D eigenvalue weighted by Gasteiger charge is -2.54. The van der Waals surface area contributed by atoms with Crippen LogP contribution in [0.2, 0.25) is 0 Å². The first-order valence-electron chi connectivity index (χ1n) is 9.43. The molecule has 4 rings (SSSR count). The molecule has 2 aliphatic heterocycles. The summed E-state index contributed by atoms with van der Waals surface area (Å²) < 4.78 is 5.50. The fourth-order valence-corrected chi connectivity index (χ4v) is 8.52. The third kappa shape index (κ3) is 3.15. The van der Waals surface area contributed by atoms with E-state index in [4.69, 9.17) is 4.74 Å². The maximum absolute atomic E-state index is 13.0. The topological polar surface area (TPSA) is 46.6 Å². The number of nitrogens with zero attached hydrogens (tertiary/aromatic N) is 1. The molecule has 4 nitrogen and oxygen atoms in total. The van der Waals surface area contributed by atoms with Gasteiger partial charge in [-0.05, 0) is 31.9 Å². The third-order valence-electron chi connectivity index (χ3n) is 5.82. The van der Waals surface area contributed by atoms with Crippen molar-refractivity contribution in [2.24, 2.45) is 17.8 Å². The maximum Gasteiger partial charge on any atom is 0.308 e. The second-order valence-electron chi connectivity index (χ2n) is 7.31. The van der Waals surface area contributed by atoms with Gasteiger partial charge in [-0.1, -0.05) is 18.2 Å². The van der Waals surface area contributed by atoms with E-state index in [0.29, 0.717) is 18.4 Å². The minimum atomic E-state index is -0.0480. The zero-order valence-corrected chi connectivity index (χ0v) is 16.7. The number of hydrogen-bond acceptors (Lipinski definition) is 5. The summed E-state index contributed by atoms with van der Waals surface area (Å²) in [6.07, 6.45) is 1.68. The predicted octanol–water partition coefficient (Wildman–Crippen LogP) is 3.52. The molecule has 140 valence electrons. The van der Waals surface area contributed by atoms with E-state index in [0.717, 1.165) is 31.5 Å². The number of likely N-dealkylation sites (tertiary alicyclic amines) is 1. The number of hydrogen-bond donors (Lipinski definition) is 0. The van der Waals surface area contributed by atoms with Crippen molar-refractivity contribution in [3.05, 3.63) is 35.9 Å². The van der Waals surface area contributed by atoms with Crippen LogP contribution in [0, 0.1) is 17.8 Å². The lowest BCUT2D eigenvalue weighted by atomic mass is 9.71. The van der Waals surface area contributed by atoms with Crippen LogP contribution >= 0.6 is 23.5 Å². The van der Waals surface area contributed by atoms with Gasteiger partial charge in [-0.2, -0.15) is 0 Å². The highest BCUT2D eigenvalue weighted by molar-refractivity contribution is 8.21. The molecule has 3 fully saturated rings. The van der Waals surface area contributed by atoms with E-state index >= 15 is 0 Å². The molecule has 0 radical (unpaired) electrons. The number of esters is 1. The lowest BCUT2D eigenvalue weighted by molar-refractivity contribution is -0.151. The van der Waals surface area contributed by atoms with Gasteiger partial charge in [0.1, 0.15) is 0 Å². The number of carbonyl (C=O) groups excluding carboxylic acids is 2. The van der Waals surface area contributed by atoms with Gasteiger partial charge < -0.3 is 9.64 Å². The molecule has 0 aromatic heterocycles. The van der Waals surface area contributed by atoms with Crippen molar-refractivity contribution in [3.63, 3.8) is 0 Å². The molecule has 1 amide bonds. The Morgan fingerprint density at radius 2 is 1.73 bits per heavy atom. The highest BCUT2D eigenvalue weighted by Gasteiger charge is 2.57. The van der Waals surface area contributed by atoms with Crippen molar-refractivity contribution in [1.29, 1.82) is 0 Å². The van der Waals surface area contributed by atoms with E-state index in [1.165, 1.54) is 11.5 Å². The summed E-state index contributed by atoms with van der Waals surface area (Å²) in [6, 6.07) is 9.55. The summed E-state index contributed by atoms with van der Waals surface area (Å²) in [5.74, 6) is 3.13. The second-order valence-corrected chi connectivity index (χ2v) is 10.3. The van der Waals surface area contributed by atoms with Gasteiger partial charge in [-0.3, -0.25) is 9.59 Å². The standard InChI is InChI=1S/C20H25NO3S2/c1-2-24-19(23)15-10-16-12-21(18(22)14-6-4-3-5-7-14)13-17(11-15)20(16)25-8-9-26-20/h3-7,15-17H,2,8-13H2,1H3. The van der Waals surface area contributed by atoms with Crippen molar-refractivity contribution < 1.29 is 14.3 Å². The summed E-state index contributed by atoms with van der Waals surface area (Å²) in [4.78, 5) is 27.4. The van der Waals surface area contributed by atoms with E-state index in [1.807, 2.05) is 42.2 Å². The summed E-state index contributed by atoms with van der Waals surface area (Å²) in [5.41, 5.74) is 0.759. The van der Waals surface area contributed by atoms with Crippen LogP contribution in [0.4, 0.5) is 0 Å². The molecular weight excluding hydrogens is 366 g/mol. The van der Waals surface area contributed by atoms with E-state index in [2.05, 4.69) is 23.5 Å². The molecule has 6 heteroatoms. The molecule has 1 aromatic rings. The number of amides is 1. The Hall–Kier alpha value is -1.14. The van der Waals surface area contributed by atoms with Crippen LogP contribution in [0.15, 0.2) is 30.3 Å². The predicted molar refractivity (Wildman–Crippen MR) is 106 cm³/mol. The molecule has 2 heterocycles. The summed E-state index contributed by atoms with van der Waals surface area (Å²) in [5, 5.41) is 0. The number of piperidine rings is 1. The molecule has 2 unspecified atom stereocenters. The van der Waals surface area contributed by atoms with E-state index in [1.54, 1.807) is 0 Å². The van der Waals surface area contributed by atoms with E-state index in [-0.39, 0.29) is 21.9 Å². The highest BCUT2D eigenvalue weighted by Crippen LogP contribution is 2.61. The molecule has 2 atom stereocenters. The average molecular weight is 392 g/mol. The zero-order valence-electron chi connectivity index (χ0n) is 15.1. The molecule has 3 aliphatic rings. The molecule has 2 bridgehead atoms. The van der Waals surface area contributed by atoms with Gasteiger partial charge in [-0.15, -0.1) is 23.5 Å². The fourth-order valence-electron chi connectivity index (χ4n) is 4.75. The normalized spacial score (nSPS) is 29.6. The Labute approximate surface area is 163 Å². The van der Waals surface area contributed by atoms with Crippen LogP contribution in [0.25, 0.3) is 0 Å². The van der Waals surface area contributed by atoms with Gasteiger partial charge in [0.25, 0.3) is 5.91 Å². The number of ether oxygens (including phenoxy) is 1. The van der Waals surface area contributed by atoms with Crippen molar-refractivity contribution in [3.8, 4) is 0 Å². The zero-order chi connectivity index (χ0) is 18.1. The molecule has 1 aromatic carbocycles. The largest absolute Gasteiger partial charge is 0.466 e.